The number of piperidine rings is 1. The second-order valence-corrected chi connectivity index (χ2v) is 8.82. The van der Waals surface area contributed by atoms with Gasteiger partial charge < -0.3 is 5.32 Å². The summed E-state index contributed by atoms with van der Waals surface area (Å²) >= 11 is 0. The van der Waals surface area contributed by atoms with Gasteiger partial charge in [0.25, 0.3) is 0 Å². The molecular formula is C26H31FN4O. The minimum atomic E-state index is -0.396. The maximum absolute atomic E-state index is 13.7. The highest BCUT2D eigenvalue weighted by molar-refractivity contribution is 5.90. The molecule has 6 heteroatoms. The van der Waals surface area contributed by atoms with E-state index in [1.807, 2.05) is 11.6 Å². The van der Waals surface area contributed by atoms with E-state index in [9.17, 15) is 9.18 Å². The Morgan fingerprint density at radius 1 is 1.16 bits per heavy atom. The maximum Gasteiger partial charge on any atom is 0.224 e. The highest BCUT2D eigenvalue weighted by atomic mass is 19.1. The second kappa shape index (κ2) is 10.1. The van der Waals surface area contributed by atoms with Crippen LogP contribution in [0.15, 0.2) is 54.6 Å². The van der Waals surface area contributed by atoms with Crippen LogP contribution in [-0.4, -0.2) is 33.7 Å². The van der Waals surface area contributed by atoms with Gasteiger partial charge in [-0.1, -0.05) is 24.3 Å². The molecule has 1 aromatic heterocycles. The van der Waals surface area contributed by atoms with E-state index >= 15 is 0 Å². The molecule has 4 rings (SSSR count). The fourth-order valence-electron chi connectivity index (χ4n) is 4.58. The lowest BCUT2D eigenvalue weighted by atomic mass is 9.93. The number of carbonyl (C=O) groups is 1. The highest BCUT2D eigenvalue weighted by Crippen LogP contribution is 2.24. The number of rotatable bonds is 7. The van der Waals surface area contributed by atoms with E-state index in [0.29, 0.717) is 12.3 Å². The van der Waals surface area contributed by atoms with Gasteiger partial charge in [0, 0.05) is 25.2 Å². The first-order valence-corrected chi connectivity index (χ1v) is 11.4. The van der Waals surface area contributed by atoms with Crippen LogP contribution in [0, 0.1) is 25.6 Å². The minimum absolute atomic E-state index is 0.121. The number of halogens is 1. The summed E-state index contributed by atoms with van der Waals surface area (Å²) in [5.74, 6) is -0.0356. The number of benzene rings is 2. The molecule has 0 bridgehead atoms. The smallest absolute Gasteiger partial charge is 0.224 e. The van der Waals surface area contributed by atoms with Crippen LogP contribution in [0.3, 0.4) is 0 Å². The minimum Gasteiger partial charge on any atom is -0.324 e. The van der Waals surface area contributed by atoms with Crippen molar-refractivity contribution in [2.45, 2.75) is 46.1 Å². The Morgan fingerprint density at radius 2 is 2.00 bits per heavy atom. The van der Waals surface area contributed by atoms with E-state index in [1.165, 1.54) is 11.6 Å². The van der Waals surface area contributed by atoms with Crippen LogP contribution in [0.1, 0.15) is 42.6 Å². The van der Waals surface area contributed by atoms with E-state index in [0.717, 1.165) is 56.0 Å². The quantitative estimate of drug-likeness (QED) is 0.552. The third kappa shape index (κ3) is 5.62. The van der Waals surface area contributed by atoms with Crippen molar-refractivity contribution in [3.63, 3.8) is 0 Å². The Hall–Kier alpha value is -2.99. The fourth-order valence-corrected chi connectivity index (χ4v) is 4.58. The van der Waals surface area contributed by atoms with Gasteiger partial charge >= 0.3 is 0 Å². The van der Waals surface area contributed by atoms with E-state index in [-0.39, 0.29) is 11.6 Å². The summed E-state index contributed by atoms with van der Waals surface area (Å²) in [6, 6.07) is 17.0. The predicted molar refractivity (Wildman–Crippen MR) is 125 cm³/mol. The third-order valence-electron chi connectivity index (χ3n) is 6.10. The van der Waals surface area contributed by atoms with E-state index in [4.69, 9.17) is 0 Å². The zero-order valence-corrected chi connectivity index (χ0v) is 18.9. The molecule has 0 saturated carbocycles. The summed E-state index contributed by atoms with van der Waals surface area (Å²) in [6.07, 6.45) is 3.51. The zero-order chi connectivity index (χ0) is 22.5. The van der Waals surface area contributed by atoms with Crippen molar-refractivity contribution in [2.24, 2.45) is 5.92 Å². The Morgan fingerprint density at radius 3 is 2.78 bits per heavy atom. The third-order valence-corrected chi connectivity index (χ3v) is 6.10. The molecule has 0 spiro atoms. The monoisotopic (exact) mass is 434 g/mol. The Labute approximate surface area is 189 Å². The number of amides is 1. The molecular weight excluding hydrogens is 403 g/mol. The number of hydrogen-bond donors (Lipinski definition) is 1. The molecule has 2 heterocycles. The normalized spacial score (nSPS) is 16.8. The van der Waals surface area contributed by atoms with Crippen LogP contribution >= 0.6 is 0 Å². The molecule has 2 aromatic carbocycles. The molecule has 0 radical (unpaired) electrons. The van der Waals surface area contributed by atoms with Gasteiger partial charge in [0.15, 0.2) is 0 Å². The number of anilines is 1. The summed E-state index contributed by atoms with van der Waals surface area (Å²) in [4.78, 5) is 14.8. The van der Waals surface area contributed by atoms with Crippen molar-refractivity contribution in [2.75, 3.05) is 18.4 Å². The SMILES string of the molecule is Cc1cc(C)n(-c2cccc(CN3CCC[C@H](CCC(=O)Nc4ccccc4F)C3)c2)n1. The lowest BCUT2D eigenvalue weighted by Gasteiger charge is -2.32. The molecule has 168 valence electrons. The van der Waals surface area contributed by atoms with E-state index in [2.05, 4.69) is 52.6 Å². The second-order valence-electron chi connectivity index (χ2n) is 8.82. The largest absolute Gasteiger partial charge is 0.324 e. The van der Waals surface area contributed by atoms with Crippen LogP contribution in [-0.2, 0) is 11.3 Å². The van der Waals surface area contributed by atoms with Gasteiger partial charge in [-0.2, -0.15) is 5.10 Å². The summed E-state index contributed by atoms with van der Waals surface area (Å²) in [5, 5.41) is 7.29. The Balaban J connectivity index is 1.31. The number of hydrogen-bond acceptors (Lipinski definition) is 3. The molecule has 1 amide bonds. The summed E-state index contributed by atoms with van der Waals surface area (Å²) < 4.78 is 15.7. The average molecular weight is 435 g/mol. The fraction of sp³-hybridized carbons (Fsp3) is 0.385. The highest BCUT2D eigenvalue weighted by Gasteiger charge is 2.21. The topological polar surface area (TPSA) is 50.2 Å². The van der Waals surface area contributed by atoms with Gasteiger partial charge in [-0.15, -0.1) is 0 Å². The van der Waals surface area contributed by atoms with Crippen molar-refractivity contribution >= 4 is 11.6 Å². The van der Waals surface area contributed by atoms with Crippen LogP contribution in [0.5, 0.6) is 0 Å². The molecule has 1 aliphatic rings. The van der Waals surface area contributed by atoms with E-state index in [1.54, 1.807) is 18.2 Å². The van der Waals surface area contributed by atoms with Gasteiger partial charge in [-0.3, -0.25) is 9.69 Å². The molecule has 32 heavy (non-hydrogen) atoms. The van der Waals surface area contributed by atoms with Crippen molar-refractivity contribution in [3.8, 4) is 5.69 Å². The van der Waals surface area contributed by atoms with Crippen molar-refractivity contribution in [1.29, 1.82) is 0 Å². The number of aromatic nitrogens is 2. The van der Waals surface area contributed by atoms with Crippen molar-refractivity contribution in [3.05, 3.63) is 77.4 Å². The number of carbonyl (C=O) groups excluding carboxylic acids is 1. The summed E-state index contributed by atoms with van der Waals surface area (Å²) in [7, 11) is 0. The van der Waals surface area contributed by atoms with Gasteiger partial charge in [0.2, 0.25) is 5.91 Å². The molecule has 1 aliphatic heterocycles. The van der Waals surface area contributed by atoms with Crippen LogP contribution in [0.4, 0.5) is 10.1 Å². The molecule has 5 nitrogen and oxygen atoms in total. The number of nitrogens with zero attached hydrogens (tertiary/aromatic N) is 3. The Bertz CT molecular complexity index is 1080. The first-order chi connectivity index (χ1) is 15.5. The molecule has 0 unspecified atom stereocenters. The van der Waals surface area contributed by atoms with Crippen LogP contribution < -0.4 is 5.32 Å². The predicted octanol–water partition coefficient (Wildman–Crippen LogP) is 5.26. The average Bonchev–Trinajstić information content (AvgIpc) is 3.12. The first-order valence-electron chi connectivity index (χ1n) is 11.4. The standard InChI is InChI=1S/C26H31FN4O/c1-19-15-20(2)31(29-19)23-9-5-7-22(16-23)18-30-14-6-8-21(17-30)12-13-26(32)28-25-11-4-3-10-24(25)27/h3-5,7,9-11,15-16,21H,6,8,12-14,17-18H2,1-2H3,(H,28,32)/t21-/m1/s1. The van der Waals surface area contributed by atoms with Gasteiger partial charge in [-0.05, 0) is 81.5 Å². The number of aryl methyl sites for hydroxylation is 2. The molecule has 1 saturated heterocycles. The number of likely N-dealkylation sites (tertiary alicyclic amines) is 1. The first kappa shape index (κ1) is 22.2. The lowest BCUT2D eigenvalue weighted by Crippen LogP contribution is -2.35. The van der Waals surface area contributed by atoms with E-state index < -0.39 is 5.82 Å². The Kier molecular flexibility index (Phi) is 7.00. The maximum atomic E-state index is 13.7. The van der Waals surface area contributed by atoms with Gasteiger partial charge in [0.05, 0.1) is 17.1 Å². The number of nitrogens with one attached hydrogen (secondary N) is 1. The van der Waals surface area contributed by atoms with Crippen molar-refractivity contribution < 1.29 is 9.18 Å². The molecule has 1 fully saturated rings. The summed E-state index contributed by atoms with van der Waals surface area (Å²) in [5.41, 5.74) is 4.77. The molecule has 3 aromatic rings. The zero-order valence-electron chi connectivity index (χ0n) is 18.9. The van der Waals surface area contributed by atoms with Crippen molar-refractivity contribution in [1.82, 2.24) is 14.7 Å². The lowest BCUT2D eigenvalue weighted by molar-refractivity contribution is -0.116. The molecule has 1 N–H and O–H groups in total. The van der Waals surface area contributed by atoms with Crippen LogP contribution in [0.2, 0.25) is 0 Å². The molecule has 0 aliphatic carbocycles. The number of para-hydroxylation sites is 1. The summed E-state index contributed by atoms with van der Waals surface area (Å²) in [6.45, 7) is 7.03. The van der Waals surface area contributed by atoms with Gasteiger partial charge in [0.1, 0.15) is 5.82 Å². The van der Waals surface area contributed by atoms with Crippen LogP contribution in [0.25, 0.3) is 5.69 Å². The van der Waals surface area contributed by atoms with Gasteiger partial charge in [-0.25, -0.2) is 9.07 Å². The molecule has 1 atom stereocenters.